The van der Waals surface area contributed by atoms with Crippen LogP contribution >= 0.6 is 15.9 Å². The van der Waals surface area contributed by atoms with Gasteiger partial charge in [0.25, 0.3) is 0 Å². The third-order valence-corrected chi connectivity index (χ3v) is 4.61. The first-order valence-corrected chi connectivity index (χ1v) is 9.27. The van der Waals surface area contributed by atoms with Gasteiger partial charge in [0.05, 0.1) is 0 Å². The van der Waals surface area contributed by atoms with Crippen LogP contribution in [0.3, 0.4) is 0 Å². The van der Waals surface area contributed by atoms with E-state index in [1.165, 1.54) is 69.8 Å². The molecule has 1 aromatic heterocycles. The fourth-order valence-electron chi connectivity index (χ4n) is 2.55. The van der Waals surface area contributed by atoms with E-state index in [9.17, 15) is 0 Å². The van der Waals surface area contributed by atoms with Gasteiger partial charge in [-0.3, -0.25) is 4.98 Å². The van der Waals surface area contributed by atoms with Crippen molar-refractivity contribution in [2.45, 2.75) is 82.4 Å². The number of hydrogen-bond acceptors (Lipinski definition) is 1. The van der Waals surface area contributed by atoms with Crippen LogP contribution in [0.5, 0.6) is 0 Å². The average Bonchev–Trinajstić information content (AvgIpc) is 2.46. The summed E-state index contributed by atoms with van der Waals surface area (Å²) in [7, 11) is 0. The monoisotopic (exact) mass is 339 g/mol. The van der Waals surface area contributed by atoms with Gasteiger partial charge in [0.1, 0.15) is 0 Å². The van der Waals surface area contributed by atoms with Crippen LogP contribution in [-0.2, 0) is 6.42 Å². The lowest BCUT2D eigenvalue weighted by Gasteiger charge is -2.09. The topological polar surface area (TPSA) is 12.9 Å². The number of pyridine rings is 1. The van der Waals surface area contributed by atoms with Crippen molar-refractivity contribution < 1.29 is 0 Å². The maximum Gasteiger partial charge on any atom is 0.0270 e. The molecule has 1 aromatic rings. The molecule has 1 heterocycles. The highest BCUT2D eigenvalue weighted by Crippen LogP contribution is 2.17. The van der Waals surface area contributed by atoms with Gasteiger partial charge >= 0.3 is 0 Å². The lowest BCUT2D eigenvalue weighted by Crippen LogP contribution is -2.02. The molecule has 0 fully saturated rings. The molecule has 0 aromatic carbocycles. The largest absolute Gasteiger partial charge is 0.265 e. The summed E-state index contributed by atoms with van der Waals surface area (Å²) in [4.78, 5) is 4.68. The summed E-state index contributed by atoms with van der Waals surface area (Å²) in [5, 5.41) is 0. The van der Waals surface area contributed by atoms with E-state index in [0.29, 0.717) is 4.83 Å². The van der Waals surface area contributed by atoms with Crippen molar-refractivity contribution in [2.24, 2.45) is 0 Å². The molecule has 0 amide bonds. The molecule has 1 nitrogen and oxygen atoms in total. The van der Waals surface area contributed by atoms with Crippen molar-refractivity contribution in [1.29, 1.82) is 0 Å². The third kappa shape index (κ3) is 9.52. The summed E-state index contributed by atoms with van der Waals surface area (Å²) in [6.07, 6.45) is 18.9. The predicted molar refractivity (Wildman–Crippen MR) is 92.5 cm³/mol. The number of nitrogens with zero attached hydrogens (tertiary/aromatic N) is 1. The molecule has 0 aliphatic heterocycles. The van der Waals surface area contributed by atoms with Crippen LogP contribution in [-0.4, -0.2) is 9.81 Å². The van der Waals surface area contributed by atoms with E-state index in [0.717, 1.165) is 6.42 Å². The van der Waals surface area contributed by atoms with Crippen LogP contribution in [0, 0.1) is 0 Å². The molecular weight excluding hydrogens is 310 g/mol. The molecule has 0 N–H and O–H groups in total. The number of halogens is 1. The smallest absolute Gasteiger partial charge is 0.0270 e. The van der Waals surface area contributed by atoms with Gasteiger partial charge in [0.2, 0.25) is 0 Å². The lowest BCUT2D eigenvalue weighted by molar-refractivity contribution is 0.553. The van der Waals surface area contributed by atoms with Crippen LogP contribution in [0.15, 0.2) is 24.5 Å². The van der Waals surface area contributed by atoms with Crippen LogP contribution in [0.1, 0.15) is 76.7 Å². The number of rotatable bonds is 12. The molecule has 0 aliphatic rings. The first kappa shape index (κ1) is 17.7. The Hall–Kier alpha value is -0.370. The van der Waals surface area contributed by atoms with Crippen molar-refractivity contribution >= 4 is 15.9 Å². The molecule has 0 radical (unpaired) electrons. The van der Waals surface area contributed by atoms with Crippen LogP contribution in [0.25, 0.3) is 0 Å². The molecule has 0 aliphatic carbocycles. The SMILES string of the molecule is CCCCCCCCCCCC(Br)Cc1ccncc1. The van der Waals surface area contributed by atoms with Crippen molar-refractivity contribution in [1.82, 2.24) is 4.98 Å². The molecule has 2 heteroatoms. The van der Waals surface area contributed by atoms with E-state index in [2.05, 4.69) is 40.0 Å². The van der Waals surface area contributed by atoms with Gasteiger partial charge in [-0.15, -0.1) is 0 Å². The molecule has 1 atom stereocenters. The quantitative estimate of drug-likeness (QED) is 0.321. The predicted octanol–water partition coefficient (Wildman–Crippen LogP) is 6.31. The first-order chi connectivity index (χ1) is 9.83. The molecule has 1 unspecified atom stereocenters. The third-order valence-electron chi connectivity index (χ3n) is 3.83. The average molecular weight is 340 g/mol. The highest BCUT2D eigenvalue weighted by atomic mass is 79.9. The van der Waals surface area contributed by atoms with Crippen molar-refractivity contribution in [3.63, 3.8) is 0 Å². The standard InChI is InChI=1S/C18H30BrN/c1-2-3-4-5-6-7-8-9-10-11-18(19)16-17-12-14-20-15-13-17/h12-15,18H,2-11,16H2,1H3. The van der Waals surface area contributed by atoms with Gasteiger partial charge in [-0.2, -0.15) is 0 Å². The van der Waals surface area contributed by atoms with Gasteiger partial charge in [-0.25, -0.2) is 0 Å². The van der Waals surface area contributed by atoms with Gasteiger partial charge in [0, 0.05) is 17.2 Å². The van der Waals surface area contributed by atoms with Gasteiger partial charge < -0.3 is 0 Å². The lowest BCUT2D eigenvalue weighted by atomic mass is 10.0. The second-order valence-electron chi connectivity index (χ2n) is 5.77. The van der Waals surface area contributed by atoms with E-state index in [-0.39, 0.29) is 0 Å². The van der Waals surface area contributed by atoms with E-state index >= 15 is 0 Å². The fourth-order valence-corrected chi connectivity index (χ4v) is 3.25. The Labute approximate surface area is 133 Å². The molecular formula is C18H30BrN. The Bertz CT molecular complexity index is 312. The van der Waals surface area contributed by atoms with E-state index in [1.54, 1.807) is 0 Å². The number of aromatic nitrogens is 1. The summed E-state index contributed by atoms with van der Waals surface area (Å²) in [6.45, 7) is 2.28. The summed E-state index contributed by atoms with van der Waals surface area (Å²) in [5.74, 6) is 0. The zero-order chi connectivity index (χ0) is 14.5. The molecule has 0 saturated heterocycles. The van der Waals surface area contributed by atoms with Crippen LogP contribution in [0.2, 0.25) is 0 Å². The normalized spacial score (nSPS) is 12.5. The summed E-state index contributed by atoms with van der Waals surface area (Å²) in [5.41, 5.74) is 1.39. The first-order valence-electron chi connectivity index (χ1n) is 8.36. The Morgan fingerprint density at radius 2 is 1.45 bits per heavy atom. The summed E-state index contributed by atoms with van der Waals surface area (Å²) in [6, 6.07) is 4.23. The Kier molecular flexibility index (Phi) is 10.9. The minimum Gasteiger partial charge on any atom is -0.265 e. The minimum absolute atomic E-state index is 0.620. The zero-order valence-electron chi connectivity index (χ0n) is 13.0. The van der Waals surface area contributed by atoms with Gasteiger partial charge in [-0.1, -0.05) is 80.6 Å². The highest BCUT2D eigenvalue weighted by Gasteiger charge is 2.05. The number of hydrogen-bond donors (Lipinski definition) is 0. The molecule has 0 spiro atoms. The van der Waals surface area contributed by atoms with Crippen LogP contribution < -0.4 is 0 Å². The minimum atomic E-state index is 0.620. The molecule has 0 bridgehead atoms. The fraction of sp³-hybridized carbons (Fsp3) is 0.722. The van der Waals surface area contributed by atoms with Crippen molar-refractivity contribution in [2.75, 3.05) is 0 Å². The summed E-state index contributed by atoms with van der Waals surface area (Å²) < 4.78 is 0. The van der Waals surface area contributed by atoms with E-state index in [1.807, 2.05) is 12.4 Å². The number of unbranched alkanes of at least 4 members (excludes halogenated alkanes) is 8. The maximum absolute atomic E-state index is 4.06. The molecule has 20 heavy (non-hydrogen) atoms. The second-order valence-corrected chi connectivity index (χ2v) is 7.07. The summed E-state index contributed by atoms with van der Waals surface area (Å²) >= 11 is 3.81. The molecule has 0 saturated carbocycles. The highest BCUT2D eigenvalue weighted by molar-refractivity contribution is 9.09. The Morgan fingerprint density at radius 3 is 2.05 bits per heavy atom. The van der Waals surface area contributed by atoms with Crippen molar-refractivity contribution in [3.8, 4) is 0 Å². The molecule has 114 valence electrons. The zero-order valence-corrected chi connectivity index (χ0v) is 14.6. The Balaban J connectivity index is 1.91. The van der Waals surface area contributed by atoms with Crippen molar-refractivity contribution in [3.05, 3.63) is 30.1 Å². The van der Waals surface area contributed by atoms with Gasteiger partial charge in [0.15, 0.2) is 0 Å². The van der Waals surface area contributed by atoms with E-state index in [4.69, 9.17) is 0 Å². The number of alkyl halides is 1. The second kappa shape index (κ2) is 12.4. The van der Waals surface area contributed by atoms with Crippen LogP contribution in [0.4, 0.5) is 0 Å². The maximum atomic E-state index is 4.06. The van der Waals surface area contributed by atoms with Gasteiger partial charge in [-0.05, 0) is 30.5 Å². The van der Waals surface area contributed by atoms with E-state index < -0.39 is 0 Å². The molecule has 1 rings (SSSR count). The Morgan fingerprint density at radius 1 is 0.900 bits per heavy atom.